The van der Waals surface area contributed by atoms with Crippen molar-refractivity contribution in [1.29, 1.82) is 0 Å². The van der Waals surface area contributed by atoms with Crippen LogP contribution in [0.2, 0.25) is 0 Å². The highest BCUT2D eigenvalue weighted by molar-refractivity contribution is 5.92. The number of carbonyl (C=O) groups excluding carboxylic acids is 1. The second kappa shape index (κ2) is 5.48. The molecule has 0 bridgehead atoms. The molecule has 1 unspecified atom stereocenters. The highest BCUT2D eigenvalue weighted by Gasteiger charge is 2.41. The summed E-state index contributed by atoms with van der Waals surface area (Å²) in [5, 5.41) is 5.10. The molecule has 22 heavy (non-hydrogen) atoms. The molecular formula is C13H15F2N5O2. The van der Waals surface area contributed by atoms with Crippen LogP contribution in [0.5, 0.6) is 0 Å². The fraction of sp³-hybridized carbons (Fsp3) is 0.462. The second-order valence-electron chi connectivity index (χ2n) is 5.28. The van der Waals surface area contributed by atoms with Gasteiger partial charge in [-0.15, -0.1) is 0 Å². The number of hydrogen-bond donors (Lipinski definition) is 3. The number of nitrogens with zero attached hydrogens (tertiary/aromatic N) is 2. The van der Waals surface area contributed by atoms with E-state index >= 15 is 0 Å². The van der Waals surface area contributed by atoms with Crippen molar-refractivity contribution in [2.24, 2.45) is 5.92 Å². The van der Waals surface area contributed by atoms with Gasteiger partial charge in [0.2, 0.25) is 5.65 Å². The molecule has 3 N–H and O–H groups in total. The van der Waals surface area contributed by atoms with Gasteiger partial charge in [0.1, 0.15) is 5.69 Å². The number of imidazole rings is 1. The fourth-order valence-corrected chi connectivity index (χ4v) is 2.49. The van der Waals surface area contributed by atoms with Crippen molar-refractivity contribution in [3.63, 3.8) is 0 Å². The van der Waals surface area contributed by atoms with Gasteiger partial charge in [-0.3, -0.25) is 9.59 Å². The number of amides is 1. The molecule has 0 radical (unpaired) electrons. The number of nitrogens with one attached hydrogen (secondary N) is 3. The van der Waals surface area contributed by atoms with Crippen LogP contribution < -0.4 is 16.2 Å². The molecule has 1 amide bonds. The summed E-state index contributed by atoms with van der Waals surface area (Å²) in [7, 11) is 0. The summed E-state index contributed by atoms with van der Waals surface area (Å²) in [5.74, 6) is -4.32. The molecule has 2 aromatic heterocycles. The lowest BCUT2D eigenvalue weighted by Crippen LogP contribution is -2.50. The average Bonchev–Trinajstić information content (AvgIpc) is 2.91. The van der Waals surface area contributed by atoms with E-state index in [0.717, 1.165) is 0 Å². The molecule has 0 aromatic carbocycles. The first kappa shape index (κ1) is 14.6. The molecule has 1 atom stereocenters. The second-order valence-corrected chi connectivity index (χ2v) is 5.28. The van der Waals surface area contributed by atoms with Gasteiger partial charge in [0.15, 0.2) is 0 Å². The number of aromatic amines is 1. The van der Waals surface area contributed by atoms with Gasteiger partial charge in [0, 0.05) is 31.1 Å². The van der Waals surface area contributed by atoms with E-state index < -0.39 is 23.3 Å². The Hall–Kier alpha value is -2.29. The van der Waals surface area contributed by atoms with Crippen molar-refractivity contribution in [2.45, 2.75) is 12.3 Å². The monoisotopic (exact) mass is 311 g/mol. The maximum absolute atomic E-state index is 13.7. The van der Waals surface area contributed by atoms with Crippen molar-refractivity contribution in [2.75, 3.05) is 19.6 Å². The first-order valence-corrected chi connectivity index (χ1v) is 6.90. The molecule has 1 aliphatic rings. The number of rotatable bonds is 3. The molecule has 0 aliphatic carbocycles. The smallest absolute Gasteiger partial charge is 0.291 e. The van der Waals surface area contributed by atoms with E-state index in [1.54, 1.807) is 6.20 Å². The Morgan fingerprint density at radius 2 is 2.36 bits per heavy atom. The van der Waals surface area contributed by atoms with E-state index in [9.17, 15) is 18.4 Å². The number of halogens is 2. The summed E-state index contributed by atoms with van der Waals surface area (Å²) in [4.78, 5) is 29.9. The summed E-state index contributed by atoms with van der Waals surface area (Å²) in [6.07, 6.45) is 4.65. The van der Waals surface area contributed by atoms with Crippen LogP contribution in [-0.2, 0) is 0 Å². The lowest BCUT2D eigenvalue weighted by molar-refractivity contribution is -0.0712. The van der Waals surface area contributed by atoms with Gasteiger partial charge in [-0.05, 0) is 13.0 Å². The lowest BCUT2D eigenvalue weighted by Gasteiger charge is -2.31. The molecular weight excluding hydrogens is 296 g/mol. The topological polar surface area (TPSA) is 91.3 Å². The SMILES string of the molecule is O=C(NCC1CCNCC1(F)F)c1cn2cc[nH]c(=O)c2n1. The molecule has 9 heteroatoms. The van der Waals surface area contributed by atoms with Gasteiger partial charge in [0.05, 0.1) is 6.54 Å². The van der Waals surface area contributed by atoms with Crippen molar-refractivity contribution in [1.82, 2.24) is 25.0 Å². The molecule has 118 valence electrons. The van der Waals surface area contributed by atoms with Crippen molar-refractivity contribution >= 4 is 11.6 Å². The molecule has 1 fully saturated rings. The van der Waals surface area contributed by atoms with E-state index in [4.69, 9.17) is 0 Å². The van der Waals surface area contributed by atoms with Crippen LogP contribution >= 0.6 is 0 Å². The third-order valence-corrected chi connectivity index (χ3v) is 3.75. The van der Waals surface area contributed by atoms with Crippen LogP contribution in [0.15, 0.2) is 23.4 Å². The van der Waals surface area contributed by atoms with E-state index in [2.05, 4.69) is 20.6 Å². The Balaban J connectivity index is 1.71. The summed E-state index contributed by atoms with van der Waals surface area (Å²) in [6, 6.07) is 0. The van der Waals surface area contributed by atoms with Crippen LogP contribution in [0.4, 0.5) is 8.78 Å². The predicted octanol–water partition coefficient (Wildman–Crippen LogP) is -0.00280. The Morgan fingerprint density at radius 3 is 3.09 bits per heavy atom. The zero-order valence-corrected chi connectivity index (χ0v) is 11.6. The first-order chi connectivity index (χ1) is 10.5. The molecule has 1 saturated heterocycles. The third-order valence-electron chi connectivity index (χ3n) is 3.75. The maximum atomic E-state index is 13.7. The van der Waals surface area contributed by atoms with Crippen LogP contribution in [-0.4, -0.2) is 45.8 Å². The summed E-state index contributed by atoms with van der Waals surface area (Å²) >= 11 is 0. The Kier molecular flexibility index (Phi) is 3.65. The minimum Gasteiger partial charge on any atom is -0.350 e. The van der Waals surface area contributed by atoms with Gasteiger partial charge in [-0.2, -0.15) is 0 Å². The third kappa shape index (κ3) is 2.71. The maximum Gasteiger partial charge on any atom is 0.291 e. The largest absolute Gasteiger partial charge is 0.350 e. The average molecular weight is 311 g/mol. The number of alkyl halides is 2. The molecule has 1 aliphatic heterocycles. The van der Waals surface area contributed by atoms with Crippen LogP contribution in [0.3, 0.4) is 0 Å². The van der Waals surface area contributed by atoms with E-state index in [-0.39, 0.29) is 30.9 Å². The summed E-state index contributed by atoms with van der Waals surface area (Å²) < 4.78 is 28.7. The van der Waals surface area contributed by atoms with Crippen molar-refractivity contribution in [3.05, 3.63) is 34.6 Å². The number of piperidine rings is 1. The number of carbonyl (C=O) groups is 1. The van der Waals surface area contributed by atoms with Crippen LogP contribution in [0.25, 0.3) is 5.65 Å². The van der Waals surface area contributed by atoms with Gasteiger partial charge >= 0.3 is 0 Å². The summed E-state index contributed by atoms with van der Waals surface area (Å²) in [6.45, 7) is -0.00507. The van der Waals surface area contributed by atoms with E-state index in [0.29, 0.717) is 6.54 Å². The number of aromatic nitrogens is 3. The number of fused-ring (bicyclic) bond motifs is 1. The fourth-order valence-electron chi connectivity index (χ4n) is 2.49. The molecule has 3 heterocycles. The normalized spacial score (nSPS) is 20.9. The van der Waals surface area contributed by atoms with Crippen LogP contribution in [0, 0.1) is 5.92 Å². The molecule has 0 saturated carbocycles. The molecule has 3 rings (SSSR count). The minimum absolute atomic E-state index is 0.0222. The molecule has 7 nitrogen and oxygen atoms in total. The standard InChI is InChI=1S/C13H15F2N5O2/c14-13(15)7-16-2-1-8(13)5-18-11(21)9-6-20-4-3-17-12(22)10(20)19-9/h3-4,6,8,16H,1-2,5,7H2,(H,17,22)(H,18,21). The van der Waals surface area contributed by atoms with Crippen LogP contribution in [0.1, 0.15) is 16.9 Å². The lowest BCUT2D eigenvalue weighted by atomic mass is 9.94. The van der Waals surface area contributed by atoms with Gasteiger partial charge in [-0.25, -0.2) is 13.8 Å². The van der Waals surface area contributed by atoms with E-state index in [1.165, 1.54) is 16.8 Å². The van der Waals surface area contributed by atoms with E-state index in [1.807, 2.05) is 0 Å². The van der Waals surface area contributed by atoms with Crippen molar-refractivity contribution in [3.8, 4) is 0 Å². The van der Waals surface area contributed by atoms with Gasteiger partial charge < -0.3 is 20.0 Å². The zero-order chi connectivity index (χ0) is 15.7. The Bertz CT molecular complexity index is 754. The number of hydrogen-bond acceptors (Lipinski definition) is 4. The zero-order valence-electron chi connectivity index (χ0n) is 11.6. The van der Waals surface area contributed by atoms with Gasteiger partial charge in [0.25, 0.3) is 17.4 Å². The quantitative estimate of drug-likeness (QED) is 0.744. The minimum atomic E-state index is -2.85. The number of H-pyrrole nitrogens is 1. The Morgan fingerprint density at radius 1 is 1.55 bits per heavy atom. The highest BCUT2D eigenvalue weighted by atomic mass is 19.3. The predicted molar refractivity (Wildman–Crippen MR) is 74.1 cm³/mol. The summed E-state index contributed by atoms with van der Waals surface area (Å²) in [5.41, 5.74) is -0.319. The van der Waals surface area contributed by atoms with Crippen molar-refractivity contribution < 1.29 is 13.6 Å². The first-order valence-electron chi connectivity index (χ1n) is 6.90. The Labute approximate surface area is 123 Å². The molecule has 2 aromatic rings. The molecule has 0 spiro atoms. The highest BCUT2D eigenvalue weighted by Crippen LogP contribution is 2.28. The van der Waals surface area contributed by atoms with Gasteiger partial charge in [-0.1, -0.05) is 0 Å².